The Labute approximate surface area is 366 Å². The standard InChI is InChI=1S/C57H55N3O2/c1-6-57(5)53(59(40-43-22-11-8-12-23-43)52-38-34-47-25-14-16-29-50(47)55(52)57)30-18-27-44(45-31-35-48(36-32-45)60(61)62)26-17-19-41(2)56(3,4)54-49-28-15-13-24-46(49)33-37-51(54)58-39-42-20-9-7-10-21-42/h7-38,41,58H,6,39-40H2,1-5H3/p+1/b19-17+,27-18+,44-26-,53-30+. The molecule has 1 aliphatic rings. The smallest absolute Gasteiger partial charge is 0.269 e. The molecular formula is C57H56N3O2+. The fourth-order valence-corrected chi connectivity index (χ4v) is 9.27. The Balaban J connectivity index is 1.16. The first-order valence-electron chi connectivity index (χ1n) is 21.8. The summed E-state index contributed by atoms with van der Waals surface area (Å²) in [5.41, 5.74) is 10.5. The second kappa shape index (κ2) is 18.0. The zero-order valence-corrected chi connectivity index (χ0v) is 36.5. The summed E-state index contributed by atoms with van der Waals surface area (Å²) in [5, 5.41) is 19.1. The van der Waals surface area contributed by atoms with Crippen molar-refractivity contribution in [2.24, 2.45) is 5.92 Å². The summed E-state index contributed by atoms with van der Waals surface area (Å²) in [5.74, 6) is 0.168. The maximum absolute atomic E-state index is 11.7. The third kappa shape index (κ3) is 8.41. The van der Waals surface area contributed by atoms with Crippen LogP contribution >= 0.6 is 0 Å². The van der Waals surface area contributed by atoms with Crippen LogP contribution in [0.4, 0.5) is 17.1 Å². The van der Waals surface area contributed by atoms with Crippen molar-refractivity contribution >= 4 is 44.2 Å². The molecule has 0 aromatic heterocycles. The zero-order valence-electron chi connectivity index (χ0n) is 36.5. The number of nitro benzene ring substituents is 1. The van der Waals surface area contributed by atoms with E-state index in [4.69, 9.17) is 0 Å². The number of nitrogens with zero attached hydrogens (tertiary/aromatic N) is 2. The Bertz CT molecular complexity index is 2840. The van der Waals surface area contributed by atoms with Gasteiger partial charge in [0.05, 0.1) is 4.92 Å². The lowest BCUT2D eigenvalue weighted by molar-refractivity contribution is -0.589. The van der Waals surface area contributed by atoms with Crippen LogP contribution in [0.25, 0.3) is 27.1 Å². The minimum atomic E-state index is -0.343. The monoisotopic (exact) mass is 814 g/mol. The van der Waals surface area contributed by atoms with Crippen LogP contribution in [0.3, 0.4) is 0 Å². The van der Waals surface area contributed by atoms with Crippen LogP contribution in [0, 0.1) is 16.0 Å². The molecule has 62 heavy (non-hydrogen) atoms. The lowest BCUT2D eigenvalue weighted by Crippen LogP contribution is -2.76. The largest absolute Gasteiger partial charge is 0.340 e. The predicted molar refractivity (Wildman–Crippen MR) is 260 cm³/mol. The number of nitrogens with two attached hydrogens (primary N) is 1. The topological polar surface area (TPSA) is 63.0 Å². The zero-order chi connectivity index (χ0) is 43.3. The van der Waals surface area contributed by atoms with Gasteiger partial charge in [-0.05, 0) is 99.5 Å². The van der Waals surface area contributed by atoms with E-state index in [1.807, 2.05) is 12.1 Å². The molecule has 0 amide bonds. The third-order valence-corrected chi connectivity index (χ3v) is 13.3. The molecule has 7 aromatic carbocycles. The molecule has 0 aliphatic carbocycles. The van der Waals surface area contributed by atoms with Crippen molar-refractivity contribution in [3.8, 4) is 0 Å². The molecule has 8 rings (SSSR count). The van der Waals surface area contributed by atoms with Gasteiger partial charge >= 0.3 is 0 Å². The van der Waals surface area contributed by atoms with Crippen molar-refractivity contribution < 1.29 is 10.2 Å². The number of hydrogen-bond acceptors (Lipinski definition) is 3. The van der Waals surface area contributed by atoms with E-state index in [0.717, 1.165) is 30.6 Å². The molecule has 0 bridgehead atoms. The molecule has 2 unspecified atom stereocenters. The first-order chi connectivity index (χ1) is 30.1. The van der Waals surface area contributed by atoms with Crippen molar-refractivity contribution in [2.45, 2.75) is 65.0 Å². The molecule has 2 atom stereocenters. The highest BCUT2D eigenvalue weighted by Gasteiger charge is 2.43. The molecule has 2 N–H and O–H groups in total. The number of hydrogen-bond donors (Lipinski definition) is 1. The molecule has 1 aliphatic heterocycles. The van der Waals surface area contributed by atoms with E-state index >= 15 is 0 Å². The average Bonchev–Trinajstić information content (AvgIpc) is 3.54. The SMILES string of the molecule is CCC1(C)\C(=C/C=C/C(=C/C=C/C(C)C(C)(C)c2c([NH2+]Cc3ccccc3)ccc3ccccc23)c2ccc([N+](=O)[O-])cc2)N(Cc2ccccc2)c2ccc3ccccc3c21. The van der Waals surface area contributed by atoms with E-state index in [-0.39, 0.29) is 27.4 Å². The summed E-state index contributed by atoms with van der Waals surface area (Å²) >= 11 is 0. The van der Waals surface area contributed by atoms with Crippen LogP contribution in [-0.4, -0.2) is 4.92 Å². The van der Waals surface area contributed by atoms with Crippen LogP contribution in [0.1, 0.15) is 68.9 Å². The van der Waals surface area contributed by atoms with Gasteiger partial charge in [-0.15, -0.1) is 0 Å². The molecule has 5 heteroatoms. The minimum Gasteiger partial charge on any atom is -0.340 e. The lowest BCUT2D eigenvalue weighted by atomic mass is 9.71. The van der Waals surface area contributed by atoms with Crippen LogP contribution in [-0.2, 0) is 23.9 Å². The molecule has 0 saturated heterocycles. The Kier molecular flexibility index (Phi) is 12.2. The second-order valence-corrected chi connectivity index (χ2v) is 17.3. The fraction of sp³-hybridized carbons (Fsp3) is 0.193. The Morgan fingerprint density at radius 2 is 1.37 bits per heavy atom. The van der Waals surface area contributed by atoms with Gasteiger partial charge in [0.15, 0.2) is 0 Å². The second-order valence-electron chi connectivity index (χ2n) is 17.3. The average molecular weight is 815 g/mol. The summed E-state index contributed by atoms with van der Waals surface area (Å²) in [6.45, 7) is 13.3. The number of anilines is 1. The van der Waals surface area contributed by atoms with E-state index in [1.165, 1.54) is 60.9 Å². The highest BCUT2D eigenvalue weighted by molar-refractivity contribution is 5.95. The van der Waals surface area contributed by atoms with Crippen molar-refractivity contribution in [1.82, 2.24) is 0 Å². The summed E-state index contributed by atoms with van der Waals surface area (Å²) in [6.07, 6.45) is 14.1. The number of fused-ring (bicyclic) bond motifs is 4. The Hall–Kier alpha value is -6.82. The van der Waals surface area contributed by atoms with Gasteiger partial charge < -0.3 is 10.2 Å². The highest BCUT2D eigenvalue weighted by Crippen LogP contribution is 2.53. The lowest BCUT2D eigenvalue weighted by Gasteiger charge is -2.32. The number of allylic oxidation sites excluding steroid dienone is 8. The molecular weight excluding hydrogens is 759 g/mol. The molecule has 0 fully saturated rings. The van der Waals surface area contributed by atoms with Crippen molar-refractivity contribution in [1.29, 1.82) is 0 Å². The van der Waals surface area contributed by atoms with E-state index in [0.29, 0.717) is 0 Å². The molecule has 310 valence electrons. The van der Waals surface area contributed by atoms with Gasteiger partial charge in [-0.1, -0.05) is 173 Å². The van der Waals surface area contributed by atoms with Gasteiger partial charge in [-0.2, -0.15) is 0 Å². The third-order valence-electron chi connectivity index (χ3n) is 13.3. The van der Waals surface area contributed by atoms with Crippen LogP contribution < -0.4 is 10.2 Å². The Morgan fingerprint density at radius 1 is 0.758 bits per heavy atom. The summed E-state index contributed by atoms with van der Waals surface area (Å²) in [7, 11) is 0. The maximum atomic E-state index is 11.7. The minimum absolute atomic E-state index is 0.0753. The van der Waals surface area contributed by atoms with E-state index in [1.54, 1.807) is 12.1 Å². The number of benzene rings is 7. The number of quaternary nitrogens is 1. The van der Waals surface area contributed by atoms with E-state index < -0.39 is 0 Å². The summed E-state index contributed by atoms with van der Waals surface area (Å²) in [4.78, 5) is 13.8. The van der Waals surface area contributed by atoms with Gasteiger partial charge in [0, 0.05) is 52.0 Å². The van der Waals surface area contributed by atoms with Crippen molar-refractivity contribution in [3.05, 3.63) is 238 Å². The van der Waals surface area contributed by atoms with Gasteiger partial charge in [-0.25, -0.2) is 0 Å². The quantitative estimate of drug-likeness (QED) is 0.0515. The summed E-state index contributed by atoms with van der Waals surface area (Å²) < 4.78 is 0. The number of non-ortho nitro benzene ring substituents is 1. The number of rotatable bonds is 14. The fourth-order valence-electron chi connectivity index (χ4n) is 9.27. The molecule has 5 nitrogen and oxygen atoms in total. The molecule has 0 radical (unpaired) electrons. The van der Waals surface area contributed by atoms with Gasteiger partial charge in [0.1, 0.15) is 12.2 Å². The van der Waals surface area contributed by atoms with E-state index in [9.17, 15) is 10.1 Å². The van der Waals surface area contributed by atoms with Crippen molar-refractivity contribution in [3.63, 3.8) is 0 Å². The molecule has 7 aromatic rings. The Morgan fingerprint density at radius 3 is 2.05 bits per heavy atom. The number of nitro groups is 1. The normalized spacial score (nSPS) is 16.8. The van der Waals surface area contributed by atoms with Crippen LogP contribution in [0.2, 0.25) is 0 Å². The van der Waals surface area contributed by atoms with Gasteiger partial charge in [-0.3, -0.25) is 10.1 Å². The molecule has 0 spiro atoms. The summed E-state index contributed by atoms with van der Waals surface area (Å²) in [6, 6.07) is 54.7. The highest BCUT2D eigenvalue weighted by atomic mass is 16.6. The predicted octanol–water partition coefficient (Wildman–Crippen LogP) is 13.7. The first kappa shape index (κ1) is 41.9. The molecule has 0 saturated carbocycles. The van der Waals surface area contributed by atoms with Gasteiger partial charge in [0.2, 0.25) is 0 Å². The van der Waals surface area contributed by atoms with Crippen LogP contribution in [0.15, 0.2) is 200 Å². The van der Waals surface area contributed by atoms with Crippen LogP contribution in [0.5, 0.6) is 0 Å². The van der Waals surface area contributed by atoms with Crippen molar-refractivity contribution in [2.75, 3.05) is 4.90 Å². The van der Waals surface area contributed by atoms with E-state index in [2.05, 4.69) is 215 Å². The first-order valence-corrected chi connectivity index (χ1v) is 21.8. The molecule has 1 heterocycles. The van der Waals surface area contributed by atoms with Gasteiger partial charge in [0.25, 0.3) is 5.69 Å². The maximum Gasteiger partial charge on any atom is 0.269 e.